The van der Waals surface area contributed by atoms with Crippen LogP contribution in [0.25, 0.3) is 0 Å². The van der Waals surface area contributed by atoms with Gasteiger partial charge in [-0.3, -0.25) is 19.2 Å². The molecule has 0 saturated carbocycles. The number of nitrogens with one attached hydrogen (secondary N) is 4. The van der Waals surface area contributed by atoms with Crippen LogP contribution in [0.2, 0.25) is 0 Å². The lowest BCUT2D eigenvalue weighted by molar-refractivity contribution is -0.141. The van der Waals surface area contributed by atoms with Crippen molar-refractivity contribution >= 4 is 42.3 Å². The fourth-order valence-corrected chi connectivity index (χ4v) is 2.83. The summed E-state index contributed by atoms with van der Waals surface area (Å²) in [6.45, 7) is 2.02. The molecule has 1 rings (SSSR count). The molecule has 0 spiro atoms. The van der Waals surface area contributed by atoms with Crippen molar-refractivity contribution in [2.24, 2.45) is 0 Å². The largest absolute Gasteiger partial charge is 0.481 e. The van der Waals surface area contributed by atoms with Crippen molar-refractivity contribution in [1.82, 2.24) is 21.3 Å². The van der Waals surface area contributed by atoms with Gasteiger partial charge in [-0.15, -0.1) is 0 Å². The Morgan fingerprint density at radius 1 is 1.07 bits per heavy atom. The Morgan fingerprint density at radius 3 is 2.25 bits per heavy atom. The monoisotopic (exact) mass is 418 g/mol. The molecule has 0 bridgehead atoms. The van der Waals surface area contributed by atoms with E-state index in [1.807, 2.05) is 0 Å². The van der Waals surface area contributed by atoms with Crippen LogP contribution in [0.1, 0.15) is 32.6 Å². The van der Waals surface area contributed by atoms with Gasteiger partial charge < -0.3 is 31.5 Å². The van der Waals surface area contributed by atoms with Crippen LogP contribution in [0.3, 0.4) is 0 Å². The first-order valence-corrected chi connectivity index (χ1v) is 9.49. The van der Waals surface area contributed by atoms with Gasteiger partial charge in [0.15, 0.2) is 0 Å². The standard InChI is InChI=1S/C16H26N4O7S/c1-8(13(23)20-11(7-28)16(26)27)18-15(25)10(4-5-12(21)22)19-14(24)9-3-2-6-17-9/h8-11,17,28H,2-7H2,1H3,(H,18,25)(H,19,24)(H,20,23)(H,21,22)(H,26,27). The summed E-state index contributed by atoms with van der Waals surface area (Å²) in [6, 6.07) is -3.90. The third-order valence-corrected chi connectivity index (χ3v) is 4.57. The zero-order valence-electron chi connectivity index (χ0n) is 15.4. The second-order valence-electron chi connectivity index (χ2n) is 6.45. The Balaban J connectivity index is 2.69. The number of amides is 3. The number of carboxylic acid groups (broad SMARTS) is 2. The summed E-state index contributed by atoms with van der Waals surface area (Å²) < 4.78 is 0. The summed E-state index contributed by atoms with van der Waals surface area (Å²) in [5.74, 6) is -4.41. The number of carbonyl (C=O) groups is 5. The number of rotatable bonds is 11. The maximum absolute atomic E-state index is 12.5. The summed E-state index contributed by atoms with van der Waals surface area (Å²) in [7, 11) is 0. The fourth-order valence-electron chi connectivity index (χ4n) is 2.58. The molecule has 0 aliphatic carbocycles. The van der Waals surface area contributed by atoms with E-state index in [0.717, 1.165) is 6.42 Å². The molecule has 0 aromatic carbocycles. The average molecular weight is 418 g/mol. The van der Waals surface area contributed by atoms with E-state index in [1.54, 1.807) is 0 Å². The highest BCUT2D eigenvalue weighted by molar-refractivity contribution is 7.80. The lowest BCUT2D eigenvalue weighted by atomic mass is 10.1. The van der Waals surface area contributed by atoms with Crippen LogP contribution in [-0.4, -0.2) is 76.3 Å². The van der Waals surface area contributed by atoms with Crippen LogP contribution >= 0.6 is 12.6 Å². The first-order valence-electron chi connectivity index (χ1n) is 8.85. The Bertz CT molecular complexity index is 610. The molecule has 1 aliphatic heterocycles. The molecule has 4 atom stereocenters. The lowest BCUT2D eigenvalue weighted by Gasteiger charge is -2.23. The molecule has 4 unspecified atom stereocenters. The first-order chi connectivity index (χ1) is 13.1. The number of carbonyl (C=O) groups excluding carboxylic acids is 3. The minimum Gasteiger partial charge on any atom is -0.481 e. The highest BCUT2D eigenvalue weighted by Crippen LogP contribution is 2.07. The van der Waals surface area contributed by atoms with Crippen LogP contribution < -0.4 is 21.3 Å². The summed E-state index contributed by atoms with van der Waals surface area (Å²) in [4.78, 5) is 58.5. The van der Waals surface area contributed by atoms with Crippen LogP contribution in [0, 0.1) is 0 Å². The van der Waals surface area contributed by atoms with Crippen molar-refractivity contribution in [2.75, 3.05) is 12.3 Å². The number of aliphatic carboxylic acids is 2. The Labute approximate surface area is 167 Å². The predicted molar refractivity (Wildman–Crippen MR) is 101 cm³/mol. The van der Waals surface area contributed by atoms with E-state index in [0.29, 0.717) is 13.0 Å². The van der Waals surface area contributed by atoms with Crippen molar-refractivity contribution in [2.45, 2.75) is 56.8 Å². The van der Waals surface area contributed by atoms with Gasteiger partial charge in [0.25, 0.3) is 0 Å². The van der Waals surface area contributed by atoms with E-state index in [-0.39, 0.29) is 18.6 Å². The molecule has 158 valence electrons. The molecule has 3 amide bonds. The lowest BCUT2D eigenvalue weighted by Crippen LogP contribution is -2.56. The van der Waals surface area contributed by atoms with Crippen LogP contribution in [0.4, 0.5) is 0 Å². The maximum Gasteiger partial charge on any atom is 0.327 e. The van der Waals surface area contributed by atoms with Crippen molar-refractivity contribution in [3.05, 3.63) is 0 Å². The van der Waals surface area contributed by atoms with Crippen LogP contribution in [-0.2, 0) is 24.0 Å². The summed E-state index contributed by atoms with van der Waals surface area (Å²) in [6.07, 6.45) is 0.926. The third kappa shape index (κ3) is 7.72. The fraction of sp³-hybridized carbons (Fsp3) is 0.688. The smallest absolute Gasteiger partial charge is 0.327 e. The zero-order valence-corrected chi connectivity index (χ0v) is 16.3. The molecule has 0 aromatic rings. The normalized spacial score (nSPS) is 19.1. The average Bonchev–Trinajstić information content (AvgIpc) is 3.16. The molecule has 0 aromatic heterocycles. The molecule has 6 N–H and O–H groups in total. The van der Waals surface area contributed by atoms with Gasteiger partial charge in [0, 0.05) is 12.2 Å². The molecule has 0 radical (unpaired) electrons. The zero-order chi connectivity index (χ0) is 21.3. The van der Waals surface area contributed by atoms with Crippen LogP contribution in [0.5, 0.6) is 0 Å². The van der Waals surface area contributed by atoms with Crippen molar-refractivity contribution in [3.8, 4) is 0 Å². The maximum atomic E-state index is 12.5. The minimum absolute atomic E-state index is 0.132. The van der Waals surface area contributed by atoms with E-state index in [4.69, 9.17) is 10.2 Å². The van der Waals surface area contributed by atoms with E-state index in [1.165, 1.54) is 6.92 Å². The van der Waals surface area contributed by atoms with Gasteiger partial charge in [0.1, 0.15) is 18.1 Å². The first kappa shape index (κ1) is 23.7. The second-order valence-corrected chi connectivity index (χ2v) is 6.82. The van der Waals surface area contributed by atoms with E-state index < -0.39 is 53.8 Å². The molecule has 11 nitrogen and oxygen atoms in total. The molecule has 1 saturated heterocycles. The van der Waals surface area contributed by atoms with E-state index >= 15 is 0 Å². The number of hydrogen-bond donors (Lipinski definition) is 7. The van der Waals surface area contributed by atoms with Gasteiger partial charge in [0.2, 0.25) is 17.7 Å². The Morgan fingerprint density at radius 2 is 1.75 bits per heavy atom. The van der Waals surface area contributed by atoms with E-state index in [2.05, 4.69) is 33.9 Å². The SMILES string of the molecule is CC(NC(=O)C(CCC(=O)O)NC(=O)C1CCCN1)C(=O)NC(CS)C(=O)O. The molecule has 1 fully saturated rings. The molecule has 1 aliphatic rings. The molecule has 12 heteroatoms. The highest BCUT2D eigenvalue weighted by atomic mass is 32.1. The van der Waals surface area contributed by atoms with Gasteiger partial charge in [-0.25, -0.2) is 4.79 Å². The molecular weight excluding hydrogens is 392 g/mol. The van der Waals surface area contributed by atoms with Gasteiger partial charge >= 0.3 is 11.9 Å². The second kappa shape index (κ2) is 11.5. The predicted octanol–water partition coefficient (Wildman–Crippen LogP) is -1.91. The van der Waals surface area contributed by atoms with Crippen molar-refractivity contribution in [3.63, 3.8) is 0 Å². The summed E-state index contributed by atoms with van der Waals surface area (Å²) in [5, 5.41) is 27.9. The molecular formula is C16H26N4O7S. The third-order valence-electron chi connectivity index (χ3n) is 4.21. The number of hydrogen-bond acceptors (Lipinski definition) is 7. The summed E-state index contributed by atoms with van der Waals surface area (Å²) >= 11 is 3.84. The van der Waals surface area contributed by atoms with Gasteiger partial charge in [0.05, 0.1) is 6.04 Å². The number of carboxylic acids is 2. The minimum atomic E-state index is -1.27. The Hall–Kier alpha value is -2.34. The van der Waals surface area contributed by atoms with Gasteiger partial charge in [-0.2, -0.15) is 12.6 Å². The highest BCUT2D eigenvalue weighted by Gasteiger charge is 2.30. The van der Waals surface area contributed by atoms with Gasteiger partial charge in [-0.05, 0) is 32.7 Å². The number of thiol groups is 1. The quantitative estimate of drug-likeness (QED) is 0.190. The summed E-state index contributed by atoms with van der Waals surface area (Å²) in [5.41, 5.74) is 0. The van der Waals surface area contributed by atoms with Crippen LogP contribution in [0.15, 0.2) is 0 Å². The van der Waals surface area contributed by atoms with Crippen molar-refractivity contribution in [1.29, 1.82) is 0 Å². The molecule has 28 heavy (non-hydrogen) atoms. The molecule has 1 heterocycles. The Kier molecular flexibility index (Phi) is 9.73. The van der Waals surface area contributed by atoms with Gasteiger partial charge in [-0.1, -0.05) is 0 Å². The van der Waals surface area contributed by atoms with E-state index in [9.17, 15) is 24.0 Å². The van der Waals surface area contributed by atoms with Crippen molar-refractivity contribution < 1.29 is 34.2 Å². The topological polar surface area (TPSA) is 174 Å².